The quantitative estimate of drug-likeness (QED) is 0.604. The summed E-state index contributed by atoms with van der Waals surface area (Å²) < 4.78 is 5.46. The third-order valence-corrected chi connectivity index (χ3v) is 6.41. The molecule has 2 heterocycles. The lowest BCUT2D eigenvalue weighted by molar-refractivity contribution is -0.117. The van der Waals surface area contributed by atoms with Crippen molar-refractivity contribution in [1.29, 1.82) is 0 Å². The molecule has 3 amide bonds. The van der Waals surface area contributed by atoms with Gasteiger partial charge in [0.15, 0.2) is 0 Å². The van der Waals surface area contributed by atoms with Gasteiger partial charge in [-0.15, -0.1) is 11.3 Å². The van der Waals surface area contributed by atoms with Gasteiger partial charge in [-0.1, -0.05) is 18.2 Å². The van der Waals surface area contributed by atoms with Crippen LogP contribution in [0.4, 0.5) is 10.5 Å². The Morgan fingerprint density at radius 1 is 1.10 bits per heavy atom. The summed E-state index contributed by atoms with van der Waals surface area (Å²) in [6.07, 6.45) is 1.98. The second-order valence-corrected chi connectivity index (χ2v) is 8.68. The molecule has 1 aromatic carbocycles. The van der Waals surface area contributed by atoms with E-state index in [-0.39, 0.29) is 23.9 Å². The average molecular weight is 429 g/mol. The first-order chi connectivity index (χ1) is 14.7. The molecule has 0 spiro atoms. The van der Waals surface area contributed by atoms with E-state index in [1.165, 1.54) is 4.88 Å². The fraction of sp³-hybridized carbons (Fsp3) is 0.455. The Kier molecular flexibility index (Phi) is 6.99. The standard InChI is InChI=1S/C22H28N4O3S/c27-21(17-5-6-17)25-18-7-3-16(4-8-18)14-23-22(28)24-15-19(20-2-1-13-30-20)26-9-11-29-12-10-26/h1-4,7-8,13,17,19H,5-6,9-12,14-15H2,(H,25,27)(H2,23,24,28)/t19-/m0/s1. The van der Waals surface area contributed by atoms with E-state index in [1.807, 2.05) is 30.3 Å². The Morgan fingerprint density at radius 3 is 2.53 bits per heavy atom. The Morgan fingerprint density at radius 2 is 1.87 bits per heavy atom. The van der Waals surface area contributed by atoms with Crippen LogP contribution in [0.1, 0.15) is 29.3 Å². The lowest BCUT2D eigenvalue weighted by Crippen LogP contribution is -2.45. The van der Waals surface area contributed by atoms with Crippen LogP contribution in [-0.2, 0) is 16.1 Å². The van der Waals surface area contributed by atoms with Crippen molar-refractivity contribution in [2.75, 3.05) is 38.2 Å². The number of hydrogen-bond donors (Lipinski definition) is 3. The molecule has 0 bridgehead atoms. The van der Waals surface area contributed by atoms with Gasteiger partial charge in [0.2, 0.25) is 5.91 Å². The van der Waals surface area contributed by atoms with E-state index in [4.69, 9.17) is 4.74 Å². The summed E-state index contributed by atoms with van der Waals surface area (Å²) in [7, 11) is 0. The molecule has 1 saturated heterocycles. The van der Waals surface area contributed by atoms with Crippen molar-refractivity contribution in [1.82, 2.24) is 15.5 Å². The van der Waals surface area contributed by atoms with Crippen molar-refractivity contribution in [3.05, 3.63) is 52.2 Å². The van der Waals surface area contributed by atoms with Gasteiger partial charge in [-0.3, -0.25) is 9.69 Å². The average Bonchev–Trinajstić information content (AvgIpc) is 3.50. The van der Waals surface area contributed by atoms with Gasteiger partial charge in [0.25, 0.3) is 0 Å². The molecular weight excluding hydrogens is 400 g/mol. The first-order valence-electron chi connectivity index (χ1n) is 10.5. The number of thiophene rings is 1. The summed E-state index contributed by atoms with van der Waals surface area (Å²) in [5.41, 5.74) is 1.78. The summed E-state index contributed by atoms with van der Waals surface area (Å²) in [4.78, 5) is 27.8. The van der Waals surface area contributed by atoms with Crippen LogP contribution in [0.2, 0.25) is 0 Å². The third-order valence-electron chi connectivity index (χ3n) is 5.44. The second-order valence-electron chi connectivity index (χ2n) is 7.70. The van der Waals surface area contributed by atoms with E-state index in [2.05, 4.69) is 32.3 Å². The SMILES string of the molecule is O=C(NCc1ccc(NC(=O)C2CC2)cc1)NC[C@@H](c1cccs1)N1CCOCC1. The number of carbonyl (C=O) groups excluding carboxylic acids is 2. The van der Waals surface area contributed by atoms with E-state index in [0.717, 1.165) is 50.4 Å². The molecule has 8 heteroatoms. The molecule has 4 rings (SSSR count). The highest BCUT2D eigenvalue weighted by atomic mass is 32.1. The zero-order valence-corrected chi connectivity index (χ0v) is 17.7. The molecule has 2 aliphatic rings. The highest BCUT2D eigenvalue weighted by Crippen LogP contribution is 2.30. The van der Waals surface area contributed by atoms with Gasteiger partial charge in [0.1, 0.15) is 0 Å². The van der Waals surface area contributed by atoms with E-state index in [1.54, 1.807) is 11.3 Å². The number of hydrogen-bond acceptors (Lipinski definition) is 5. The molecular formula is C22H28N4O3S. The van der Waals surface area contributed by atoms with Gasteiger partial charge in [-0.25, -0.2) is 4.79 Å². The van der Waals surface area contributed by atoms with Gasteiger partial charge < -0.3 is 20.7 Å². The number of carbonyl (C=O) groups is 2. The molecule has 0 radical (unpaired) electrons. The minimum Gasteiger partial charge on any atom is -0.379 e. The van der Waals surface area contributed by atoms with Gasteiger partial charge in [0, 0.05) is 42.7 Å². The highest BCUT2D eigenvalue weighted by Gasteiger charge is 2.29. The Hall–Kier alpha value is -2.42. The van der Waals surface area contributed by atoms with Gasteiger partial charge >= 0.3 is 6.03 Å². The number of benzene rings is 1. The molecule has 30 heavy (non-hydrogen) atoms. The van der Waals surface area contributed by atoms with Crippen molar-refractivity contribution >= 4 is 29.0 Å². The summed E-state index contributed by atoms with van der Waals surface area (Å²) in [5.74, 6) is 0.284. The van der Waals surface area contributed by atoms with Crippen molar-refractivity contribution < 1.29 is 14.3 Å². The van der Waals surface area contributed by atoms with E-state index in [0.29, 0.717) is 13.1 Å². The van der Waals surface area contributed by atoms with E-state index in [9.17, 15) is 9.59 Å². The zero-order valence-electron chi connectivity index (χ0n) is 16.9. The highest BCUT2D eigenvalue weighted by molar-refractivity contribution is 7.10. The zero-order chi connectivity index (χ0) is 20.8. The molecule has 7 nitrogen and oxygen atoms in total. The molecule has 2 aromatic rings. The first kappa shape index (κ1) is 20.8. The minimum atomic E-state index is -0.184. The smallest absolute Gasteiger partial charge is 0.315 e. The molecule has 3 N–H and O–H groups in total. The maximum atomic E-state index is 12.3. The fourth-order valence-electron chi connectivity index (χ4n) is 3.51. The Balaban J connectivity index is 1.24. The summed E-state index contributed by atoms with van der Waals surface area (Å²) in [6, 6.07) is 11.7. The van der Waals surface area contributed by atoms with E-state index < -0.39 is 0 Å². The van der Waals surface area contributed by atoms with Crippen LogP contribution in [0.25, 0.3) is 0 Å². The van der Waals surface area contributed by atoms with Gasteiger partial charge in [-0.05, 0) is 42.0 Å². The maximum Gasteiger partial charge on any atom is 0.315 e. The van der Waals surface area contributed by atoms with Gasteiger partial charge in [-0.2, -0.15) is 0 Å². The number of morpholine rings is 1. The van der Waals surface area contributed by atoms with E-state index >= 15 is 0 Å². The second kappa shape index (κ2) is 10.1. The summed E-state index contributed by atoms with van der Waals surface area (Å²) in [5, 5.41) is 10.9. The molecule has 2 fully saturated rings. The lowest BCUT2D eigenvalue weighted by atomic mass is 10.2. The number of urea groups is 1. The Labute approximate surface area is 180 Å². The number of anilines is 1. The molecule has 1 aromatic heterocycles. The fourth-order valence-corrected chi connectivity index (χ4v) is 4.37. The molecule has 1 aliphatic carbocycles. The summed E-state index contributed by atoms with van der Waals surface area (Å²) in [6.45, 7) is 4.18. The van der Waals surface area contributed by atoms with Crippen LogP contribution in [-0.4, -0.2) is 49.7 Å². The predicted octanol–water partition coefficient (Wildman–Crippen LogP) is 2.97. The number of amides is 3. The molecule has 1 atom stereocenters. The van der Waals surface area contributed by atoms with Gasteiger partial charge in [0.05, 0.1) is 19.3 Å². The largest absolute Gasteiger partial charge is 0.379 e. The first-order valence-corrected chi connectivity index (χ1v) is 11.3. The van der Waals surface area contributed by atoms with Crippen LogP contribution in [0, 0.1) is 5.92 Å². The number of ether oxygens (including phenoxy) is 1. The predicted molar refractivity (Wildman–Crippen MR) is 117 cm³/mol. The van der Waals surface area contributed by atoms with Crippen LogP contribution in [0.5, 0.6) is 0 Å². The van der Waals surface area contributed by atoms with Crippen LogP contribution < -0.4 is 16.0 Å². The van der Waals surface area contributed by atoms with Crippen molar-refractivity contribution in [2.24, 2.45) is 5.92 Å². The van der Waals surface area contributed by atoms with Crippen LogP contribution in [0.3, 0.4) is 0 Å². The van der Waals surface area contributed by atoms with Crippen molar-refractivity contribution in [3.8, 4) is 0 Å². The topological polar surface area (TPSA) is 82.7 Å². The minimum absolute atomic E-state index is 0.0980. The number of nitrogens with one attached hydrogen (secondary N) is 3. The normalized spacial score (nSPS) is 17.9. The summed E-state index contributed by atoms with van der Waals surface area (Å²) >= 11 is 1.71. The van der Waals surface area contributed by atoms with Crippen LogP contribution in [0.15, 0.2) is 41.8 Å². The third kappa shape index (κ3) is 5.81. The molecule has 1 aliphatic heterocycles. The van der Waals surface area contributed by atoms with Crippen molar-refractivity contribution in [2.45, 2.75) is 25.4 Å². The molecule has 160 valence electrons. The monoisotopic (exact) mass is 428 g/mol. The lowest BCUT2D eigenvalue weighted by Gasteiger charge is -2.34. The maximum absolute atomic E-state index is 12.3. The molecule has 0 unspecified atom stereocenters. The molecule has 1 saturated carbocycles. The van der Waals surface area contributed by atoms with Crippen LogP contribution >= 0.6 is 11.3 Å². The van der Waals surface area contributed by atoms with Crippen molar-refractivity contribution in [3.63, 3.8) is 0 Å². The number of rotatable bonds is 8. The Bertz CT molecular complexity index is 831. The number of nitrogens with zero attached hydrogens (tertiary/aromatic N) is 1.